The molecule has 0 unspecified atom stereocenters. The molecule has 1 aliphatic heterocycles. The van der Waals surface area contributed by atoms with Crippen molar-refractivity contribution >= 4 is 28.9 Å². The maximum Gasteiger partial charge on any atom is 0.0499 e. The van der Waals surface area contributed by atoms with Crippen LogP contribution in [0.5, 0.6) is 0 Å². The SMILES string of the molecule is S=CSN1CCNCC1. The van der Waals surface area contributed by atoms with Crippen molar-refractivity contribution in [2.24, 2.45) is 0 Å². The van der Waals surface area contributed by atoms with Gasteiger partial charge in [0.05, 0.1) is 0 Å². The summed E-state index contributed by atoms with van der Waals surface area (Å²) < 4.78 is 3.98. The van der Waals surface area contributed by atoms with Gasteiger partial charge in [0, 0.05) is 30.9 Å². The molecule has 0 saturated carbocycles. The normalized spacial score (nSPS) is 21.8. The summed E-state index contributed by atoms with van der Waals surface area (Å²) in [6, 6.07) is 0. The minimum atomic E-state index is 1.09. The van der Waals surface area contributed by atoms with Gasteiger partial charge in [-0.15, -0.1) is 0 Å². The highest BCUT2D eigenvalue weighted by Crippen LogP contribution is 2.05. The summed E-state index contributed by atoms with van der Waals surface area (Å²) in [6.45, 7) is 4.40. The van der Waals surface area contributed by atoms with Crippen LogP contribution in [0.1, 0.15) is 0 Å². The highest BCUT2D eigenvalue weighted by molar-refractivity contribution is 8.19. The third-order valence-corrected chi connectivity index (χ3v) is 2.28. The van der Waals surface area contributed by atoms with E-state index in [1.807, 2.05) is 0 Å². The van der Waals surface area contributed by atoms with Crippen molar-refractivity contribution in [1.29, 1.82) is 0 Å². The van der Waals surface area contributed by atoms with Crippen molar-refractivity contribution in [2.45, 2.75) is 0 Å². The zero-order valence-electron chi connectivity index (χ0n) is 5.17. The lowest BCUT2D eigenvalue weighted by Crippen LogP contribution is -2.39. The smallest absolute Gasteiger partial charge is 0.0499 e. The summed E-state index contributed by atoms with van der Waals surface area (Å²) in [4.78, 5) is 0. The van der Waals surface area contributed by atoms with Crippen molar-refractivity contribution in [2.75, 3.05) is 26.2 Å². The molecule has 1 N–H and O–H groups in total. The predicted molar refractivity (Wildman–Crippen MR) is 45.7 cm³/mol. The standard InChI is InChI=1S/C5H10N2S2/c8-5-9-7-3-1-6-2-4-7/h5-6H,1-4H2. The Morgan fingerprint density at radius 2 is 2.11 bits per heavy atom. The van der Waals surface area contributed by atoms with Crippen molar-refractivity contribution < 1.29 is 0 Å². The molecule has 0 aromatic rings. The molecule has 0 spiro atoms. The highest BCUT2D eigenvalue weighted by atomic mass is 32.2. The summed E-state index contributed by atoms with van der Waals surface area (Å²) in [6.07, 6.45) is 0. The van der Waals surface area contributed by atoms with E-state index in [9.17, 15) is 0 Å². The first-order valence-corrected chi connectivity index (χ1v) is 4.30. The number of thiocarbonyl (C=S) groups is 1. The number of nitrogens with zero attached hydrogens (tertiary/aromatic N) is 1. The average Bonchev–Trinajstić information content (AvgIpc) is 1.91. The zero-order valence-corrected chi connectivity index (χ0v) is 6.80. The second kappa shape index (κ2) is 4.22. The molecule has 2 nitrogen and oxygen atoms in total. The molecule has 1 rings (SSSR count). The van der Waals surface area contributed by atoms with Gasteiger partial charge in [0.2, 0.25) is 0 Å². The van der Waals surface area contributed by atoms with Crippen LogP contribution >= 0.6 is 24.2 Å². The Labute approximate surface area is 65.1 Å². The molecular formula is C5H10N2S2. The summed E-state index contributed by atoms with van der Waals surface area (Å²) >= 11 is 6.34. The summed E-state index contributed by atoms with van der Waals surface area (Å²) in [5.74, 6) is 0. The van der Waals surface area contributed by atoms with E-state index in [2.05, 4.69) is 9.62 Å². The van der Waals surface area contributed by atoms with Crippen LogP contribution in [0.4, 0.5) is 0 Å². The van der Waals surface area contributed by atoms with E-state index in [-0.39, 0.29) is 0 Å². The fourth-order valence-corrected chi connectivity index (χ4v) is 1.69. The van der Waals surface area contributed by atoms with Crippen LogP contribution in [-0.4, -0.2) is 35.2 Å². The molecule has 0 aromatic heterocycles. The maximum atomic E-state index is 4.71. The molecule has 0 amide bonds. The molecule has 52 valence electrons. The predicted octanol–water partition coefficient (Wildman–Crippen LogP) is 0.497. The maximum absolute atomic E-state index is 4.71. The largest absolute Gasteiger partial charge is 0.314 e. The fourth-order valence-electron chi connectivity index (χ4n) is 0.811. The van der Waals surface area contributed by atoms with Gasteiger partial charge in [0.1, 0.15) is 0 Å². The number of hydrogen-bond acceptors (Lipinski definition) is 4. The molecule has 1 heterocycles. The summed E-state index contributed by atoms with van der Waals surface area (Å²) in [5.41, 5.74) is 0. The Morgan fingerprint density at radius 1 is 1.44 bits per heavy atom. The van der Waals surface area contributed by atoms with E-state index in [0.29, 0.717) is 0 Å². The van der Waals surface area contributed by atoms with E-state index in [1.165, 1.54) is 0 Å². The number of nitrogens with one attached hydrogen (secondary N) is 1. The van der Waals surface area contributed by atoms with Crippen molar-refractivity contribution in [3.8, 4) is 0 Å². The molecular weight excluding hydrogens is 152 g/mol. The topological polar surface area (TPSA) is 15.3 Å². The Balaban J connectivity index is 2.15. The first-order valence-electron chi connectivity index (χ1n) is 2.99. The number of piperazine rings is 1. The molecule has 0 aliphatic carbocycles. The van der Waals surface area contributed by atoms with Gasteiger partial charge in [-0.1, -0.05) is 12.2 Å². The molecule has 4 heteroatoms. The van der Waals surface area contributed by atoms with E-state index >= 15 is 0 Å². The van der Waals surface area contributed by atoms with Gasteiger partial charge >= 0.3 is 0 Å². The molecule has 0 atom stereocenters. The second-order valence-electron chi connectivity index (χ2n) is 1.88. The van der Waals surface area contributed by atoms with Gasteiger partial charge < -0.3 is 5.32 Å². The van der Waals surface area contributed by atoms with E-state index in [0.717, 1.165) is 26.2 Å². The van der Waals surface area contributed by atoms with Crippen LogP contribution in [0, 0.1) is 0 Å². The van der Waals surface area contributed by atoms with Gasteiger partial charge in [-0.2, -0.15) is 0 Å². The van der Waals surface area contributed by atoms with Gasteiger partial charge in [0.15, 0.2) is 0 Å². The third-order valence-electron chi connectivity index (χ3n) is 1.27. The minimum absolute atomic E-state index is 1.09. The lowest BCUT2D eigenvalue weighted by atomic mass is 10.4. The molecule has 0 radical (unpaired) electrons. The fraction of sp³-hybridized carbons (Fsp3) is 0.800. The Hall–Kier alpha value is 0.360. The van der Waals surface area contributed by atoms with Crippen LogP contribution in [0.25, 0.3) is 0 Å². The first-order chi connectivity index (χ1) is 4.43. The van der Waals surface area contributed by atoms with Crippen LogP contribution < -0.4 is 5.32 Å². The minimum Gasteiger partial charge on any atom is -0.314 e. The van der Waals surface area contributed by atoms with Crippen LogP contribution in [0.2, 0.25) is 0 Å². The van der Waals surface area contributed by atoms with E-state index in [1.54, 1.807) is 16.6 Å². The van der Waals surface area contributed by atoms with Crippen LogP contribution in [0.15, 0.2) is 0 Å². The Morgan fingerprint density at radius 3 is 2.67 bits per heavy atom. The van der Waals surface area contributed by atoms with Crippen LogP contribution in [-0.2, 0) is 0 Å². The van der Waals surface area contributed by atoms with Gasteiger partial charge in [-0.3, -0.25) is 0 Å². The monoisotopic (exact) mass is 162 g/mol. The number of hydrogen-bond donors (Lipinski definition) is 1. The van der Waals surface area contributed by atoms with Gasteiger partial charge in [-0.25, -0.2) is 4.31 Å². The summed E-state index contributed by atoms with van der Waals surface area (Å²) in [5, 5.41) is 3.27. The first kappa shape index (κ1) is 7.47. The van der Waals surface area contributed by atoms with Crippen LogP contribution in [0.3, 0.4) is 0 Å². The van der Waals surface area contributed by atoms with E-state index < -0.39 is 0 Å². The quantitative estimate of drug-likeness (QED) is 0.469. The average molecular weight is 162 g/mol. The zero-order chi connectivity index (χ0) is 6.53. The molecule has 1 saturated heterocycles. The Bertz CT molecular complexity index is 91.0. The lowest BCUT2D eigenvalue weighted by molar-refractivity contribution is 0.399. The molecule has 1 aliphatic rings. The van der Waals surface area contributed by atoms with Gasteiger partial charge in [-0.05, 0) is 11.9 Å². The molecule has 1 fully saturated rings. The van der Waals surface area contributed by atoms with Crippen molar-refractivity contribution in [3.63, 3.8) is 0 Å². The summed E-state index contributed by atoms with van der Waals surface area (Å²) in [7, 11) is 0. The van der Waals surface area contributed by atoms with Gasteiger partial charge in [0.25, 0.3) is 0 Å². The number of rotatable bonds is 2. The lowest BCUT2D eigenvalue weighted by Gasteiger charge is -2.23. The van der Waals surface area contributed by atoms with Crippen molar-refractivity contribution in [3.05, 3.63) is 0 Å². The van der Waals surface area contributed by atoms with E-state index in [4.69, 9.17) is 12.2 Å². The molecule has 0 aromatic carbocycles. The second-order valence-corrected chi connectivity index (χ2v) is 3.38. The Kier molecular flexibility index (Phi) is 3.50. The molecule has 0 bridgehead atoms. The highest BCUT2D eigenvalue weighted by Gasteiger charge is 2.06. The molecule has 9 heavy (non-hydrogen) atoms. The van der Waals surface area contributed by atoms with Crippen molar-refractivity contribution in [1.82, 2.24) is 9.62 Å². The third kappa shape index (κ3) is 2.62.